The number of halogens is 6. The average Bonchev–Trinajstić information content (AvgIpc) is 3.18. The second-order valence-electron chi connectivity index (χ2n) is 12.9. The highest BCUT2D eigenvalue weighted by Gasteiger charge is 2.39. The fourth-order valence-corrected chi connectivity index (χ4v) is 4.77. The number of aromatic nitrogens is 1. The molecule has 328 valence electrons. The first kappa shape index (κ1) is 52.5. The summed E-state index contributed by atoms with van der Waals surface area (Å²) in [4.78, 5) is 51.3. The second-order valence-corrected chi connectivity index (χ2v) is 12.9. The number of benzene rings is 2. The first-order chi connectivity index (χ1) is 28.0. The number of rotatable bonds is 17. The van der Waals surface area contributed by atoms with Crippen LogP contribution in [0.2, 0.25) is 0 Å². The number of nitrogens with one attached hydrogen (secondary N) is 1. The van der Waals surface area contributed by atoms with Crippen molar-refractivity contribution in [1.82, 2.24) is 9.88 Å². The highest BCUT2D eigenvalue weighted by atomic mass is 19.4. The molecule has 0 saturated carbocycles. The topological polar surface area (TPSA) is 171 Å². The van der Waals surface area contributed by atoms with Crippen LogP contribution in [-0.2, 0) is 41.3 Å². The minimum absolute atomic E-state index is 0.0450. The molecule has 0 bridgehead atoms. The van der Waals surface area contributed by atoms with Gasteiger partial charge in [-0.1, -0.05) is 47.5 Å². The summed E-state index contributed by atoms with van der Waals surface area (Å²) in [5.41, 5.74) is -1.48. The molecule has 0 radical (unpaired) electrons. The zero-order valence-corrected chi connectivity index (χ0v) is 33.5. The summed E-state index contributed by atoms with van der Waals surface area (Å²) < 4.78 is 96.9. The Labute approximate surface area is 342 Å². The van der Waals surface area contributed by atoms with Gasteiger partial charge in [0.2, 0.25) is 5.78 Å². The van der Waals surface area contributed by atoms with Crippen LogP contribution >= 0.6 is 0 Å². The number of aryl methyl sites for hydroxylation is 2. The molecule has 3 N–H and O–H groups in total. The maximum Gasteiger partial charge on any atom is 0.450 e. The molecule has 4 unspecified atom stereocenters. The zero-order chi connectivity index (χ0) is 45.8. The van der Waals surface area contributed by atoms with Crippen LogP contribution < -0.4 is 10.9 Å². The largest absolute Gasteiger partial charge is 0.450 e. The lowest BCUT2D eigenvalue weighted by molar-refractivity contribution is -0.170. The number of aliphatic hydroxyl groups excluding tert-OH is 2. The number of amides is 1. The Balaban J connectivity index is 0.000000493. The lowest BCUT2D eigenvalue weighted by atomic mass is 10.0. The van der Waals surface area contributed by atoms with E-state index in [2.05, 4.69) is 19.7 Å². The molecule has 14 nitrogen and oxygen atoms in total. The van der Waals surface area contributed by atoms with Crippen LogP contribution in [0.4, 0.5) is 32.0 Å². The van der Waals surface area contributed by atoms with Gasteiger partial charge in [-0.3, -0.25) is 19.2 Å². The summed E-state index contributed by atoms with van der Waals surface area (Å²) >= 11 is 0. The van der Waals surface area contributed by atoms with Crippen LogP contribution in [0.1, 0.15) is 47.3 Å². The van der Waals surface area contributed by atoms with E-state index < -0.39 is 77.5 Å². The Hall–Kier alpha value is -5.48. The predicted octanol–water partition coefficient (Wildman–Crippen LogP) is 5.85. The number of carbonyl (C=O) groups is 3. The Bertz CT molecular complexity index is 2030. The van der Waals surface area contributed by atoms with Gasteiger partial charge in [0.05, 0.1) is 49.5 Å². The Morgan fingerprint density at radius 1 is 0.850 bits per heavy atom. The van der Waals surface area contributed by atoms with Crippen LogP contribution in [0.5, 0.6) is 0 Å². The fraction of sp³-hybridized carbons (Fsp3) is 0.450. The number of hydrogen-bond donors (Lipinski definition) is 3. The lowest BCUT2D eigenvalue weighted by Gasteiger charge is -2.23. The first-order valence-electron chi connectivity index (χ1n) is 17.7. The molecule has 3 rings (SSSR count). The van der Waals surface area contributed by atoms with Crippen molar-refractivity contribution >= 4 is 23.2 Å². The highest BCUT2D eigenvalue weighted by Crippen LogP contribution is 2.37. The van der Waals surface area contributed by atoms with Gasteiger partial charge in [-0.05, 0) is 51.5 Å². The minimum Gasteiger partial charge on any atom is -0.389 e. The van der Waals surface area contributed by atoms with E-state index in [1.165, 1.54) is 26.4 Å². The van der Waals surface area contributed by atoms with Gasteiger partial charge < -0.3 is 43.9 Å². The summed E-state index contributed by atoms with van der Waals surface area (Å²) in [5, 5.41) is 22.3. The van der Waals surface area contributed by atoms with Crippen LogP contribution in [-0.4, -0.2) is 104 Å². The molecular weight excluding hydrogens is 810 g/mol. The number of aliphatic hydroxyl groups is 2. The molecule has 0 aliphatic carbocycles. The second kappa shape index (κ2) is 25.2. The van der Waals surface area contributed by atoms with Gasteiger partial charge in [0.25, 0.3) is 23.7 Å². The van der Waals surface area contributed by atoms with Crippen LogP contribution in [0.25, 0.3) is 20.9 Å². The number of carbonyl (C=O) groups excluding carboxylic acids is 3. The third-order valence-electron chi connectivity index (χ3n) is 8.07. The first-order valence-corrected chi connectivity index (χ1v) is 17.7. The van der Waals surface area contributed by atoms with Crippen LogP contribution in [0.3, 0.4) is 0 Å². The Morgan fingerprint density at radius 2 is 1.40 bits per heavy atom. The summed E-state index contributed by atoms with van der Waals surface area (Å²) in [7, 11) is 2.88. The van der Waals surface area contributed by atoms with E-state index in [1.54, 1.807) is 64.1 Å². The maximum absolute atomic E-state index is 13.5. The van der Waals surface area contributed by atoms with E-state index in [1.807, 2.05) is 0 Å². The van der Waals surface area contributed by atoms with E-state index in [0.29, 0.717) is 5.56 Å². The fourth-order valence-electron chi connectivity index (χ4n) is 4.77. The number of methoxy groups -OCH3 is 2. The van der Waals surface area contributed by atoms with Crippen molar-refractivity contribution in [3.63, 3.8) is 0 Å². The van der Waals surface area contributed by atoms with Crippen LogP contribution in [0.15, 0.2) is 59.4 Å². The van der Waals surface area contributed by atoms with Crippen molar-refractivity contribution in [2.75, 3.05) is 40.9 Å². The van der Waals surface area contributed by atoms with Crippen LogP contribution in [0, 0.1) is 27.0 Å². The van der Waals surface area contributed by atoms with Crippen molar-refractivity contribution in [1.29, 1.82) is 0 Å². The minimum atomic E-state index is -4.94. The molecule has 0 aliphatic heterocycles. The average molecular weight is 857 g/mol. The monoisotopic (exact) mass is 856 g/mol. The van der Waals surface area contributed by atoms with E-state index in [0.717, 1.165) is 21.8 Å². The number of ether oxygens (including phenoxy) is 4. The highest BCUT2D eigenvalue weighted by molar-refractivity contribution is 6.09. The van der Waals surface area contributed by atoms with Gasteiger partial charge in [-0.2, -0.15) is 26.3 Å². The molecular formula is C40H46F6N4O10. The number of hydrogen-bond acceptors (Lipinski definition) is 10. The molecule has 0 aliphatic rings. The molecule has 60 heavy (non-hydrogen) atoms. The molecule has 0 saturated heterocycles. The number of pyridine rings is 1. The van der Waals surface area contributed by atoms with E-state index >= 15 is 0 Å². The van der Waals surface area contributed by atoms with Gasteiger partial charge in [-0.15, -0.1) is 0 Å². The summed E-state index contributed by atoms with van der Waals surface area (Å²) in [6.45, 7) is 19.7. The van der Waals surface area contributed by atoms with Crippen molar-refractivity contribution in [3.05, 3.63) is 110 Å². The van der Waals surface area contributed by atoms with E-state index in [4.69, 9.17) is 27.4 Å². The van der Waals surface area contributed by atoms with Gasteiger partial charge in [-0.25, -0.2) is 11.4 Å². The molecule has 0 spiro atoms. The van der Waals surface area contributed by atoms with Gasteiger partial charge in [0.1, 0.15) is 13.6 Å². The molecule has 1 amide bonds. The van der Waals surface area contributed by atoms with Gasteiger partial charge in [0, 0.05) is 32.0 Å². The summed E-state index contributed by atoms with van der Waals surface area (Å²) in [6, 6.07) is 13.5. The smallest absolute Gasteiger partial charge is 0.389 e. The van der Waals surface area contributed by atoms with Crippen molar-refractivity contribution < 1.29 is 69.9 Å². The molecule has 3 aromatic rings. The molecule has 1 aromatic heterocycles. The Kier molecular flexibility index (Phi) is 22.1. The SMILES string of the molecule is Cc1cccc(C(=O)CC(=O)C(F)(F)F)c1.[C-]#[N+]CC(=O)NCC(O)C(C)OCOC.[C-]#[N+]c1c(C(F)(F)F)cc(-c2cccc(C)c2)n(CC(O)C(C)OCOC)c1=O. The number of nitrogens with zero attached hydrogens (tertiary/aromatic N) is 3. The molecule has 0 fully saturated rings. The van der Waals surface area contributed by atoms with Crippen molar-refractivity contribution in [2.45, 2.75) is 77.4 Å². The molecule has 20 heteroatoms. The lowest BCUT2D eigenvalue weighted by Crippen LogP contribution is -2.39. The van der Waals surface area contributed by atoms with E-state index in [9.17, 15) is 55.7 Å². The predicted molar refractivity (Wildman–Crippen MR) is 205 cm³/mol. The number of ketones is 2. The van der Waals surface area contributed by atoms with Crippen molar-refractivity contribution in [3.8, 4) is 11.3 Å². The van der Waals surface area contributed by atoms with Gasteiger partial charge >= 0.3 is 12.4 Å². The van der Waals surface area contributed by atoms with E-state index in [-0.39, 0.29) is 44.5 Å². The molecule has 4 atom stereocenters. The van der Waals surface area contributed by atoms with Gasteiger partial charge in [0.15, 0.2) is 5.78 Å². The third-order valence-corrected chi connectivity index (χ3v) is 8.07. The standard InChI is InChI=1S/C20H21F3N2O4.C11H9F3O2.C9H16N2O4/c1-12-6-5-7-14(8-12)16-9-15(20(21,22)23)18(24-3)19(27)25(16)10-17(26)13(2)29-11-28-4;1-7-3-2-4-8(5-7)9(15)6-10(16)11(12,13)14;1-7(15-6-14-3)8(12)4-11-9(13)5-10-2/h5-9,13,17,26H,10-11H2,1-2,4H3;2-5H,6H2,1H3;7-8,12H,4-6H2,1,3H3,(H,11,13). The quantitative estimate of drug-likeness (QED) is 0.0492. The number of alkyl halides is 6. The summed E-state index contributed by atoms with van der Waals surface area (Å²) in [6.07, 6.45) is -14.2. The third kappa shape index (κ3) is 17.8. The number of Topliss-reactive ketones (excluding diaryl/α,β-unsaturated/α-hetero) is 2. The summed E-state index contributed by atoms with van der Waals surface area (Å²) in [5.74, 6) is -3.23. The molecule has 2 aromatic carbocycles. The van der Waals surface area contributed by atoms with Crippen molar-refractivity contribution in [2.24, 2.45) is 0 Å². The Morgan fingerprint density at radius 3 is 1.88 bits per heavy atom. The maximum atomic E-state index is 13.5. The zero-order valence-electron chi connectivity index (χ0n) is 33.5. The molecule has 1 heterocycles. The normalized spacial score (nSPS) is 13.1.